The molecule has 8 N–H and O–H groups in total. The van der Waals surface area contributed by atoms with Crippen molar-refractivity contribution < 1.29 is 9.53 Å². The number of aromatic nitrogens is 2. The summed E-state index contributed by atoms with van der Waals surface area (Å²) in [5, 5.41) is 11.1. The maximum atomic E-state index is 12.8. The fourth-order valence-electron chi connectivity index (χ4n) is 3.42. The number of nitrogens with two attached hydrogens (primary N) is 3. The highest BCUT2D eigenvalue weighted by molar-refractivity contribution is 6.31. The molecule has 0 atom stereocenters. The molecule has 34 heavy (non-hydrogen) atoms. The van der Waals surface area contributed by atoms with E-state index in [1.165, 1.54) is 0 Å². The molecule has 0 aliphatic heterocycles. The Kier molecular flexibility index (Phi) is 10.8. The van der Waals surface area contributed by atoms with E-state index in [4.69, 9.17) is 38.9 Å². The van der Waals surface area contributed by atoms with E-state index >= 15 is 0 Å². The lowest BCUT2D eigenvalue weighted by Crippen LogP contribution is -2.42. The number of hydrogen-bond donors (Lipinski definition) is 5. The van der Waals surface area contributed by atoms with Crippen LogP contribution in [0.25, 0.3) is 0 Å². The Bertz CT molecular complexity index is 951. The van der Waals surface area contributed by atoms with E-state index in [9.17, 15) is 4.79 Å². The van der Waals surface area contributed by atoms with Crippen LogP contribution in [0.2, 0.25) is 5.15 Å². The zero-order valence-electron chi connectivity index (χ0n) is 19.8. The number of ether oxygens (including phenoxy) is 1. The Morgan fingerprint density at radius 1 is 1.15 bits per heavy atom. The lowest BCUT2D eigenvalue weighted by Gasteiger charge is -2.20. The van der Waals surface area contributed by atoms with Gasteiger partial charge in [0.1, 0.15) is 12.4 Å². The Balaban J connectivity index is 1.80. The van der Waals surface area contributed by atoms with Crippen molar-refractivity contribution in [3.8, 4) is 5.75 Å². The van der Waals surface area contributed by atoms with Gasteiger partial charge in [-0.2, -0.15) is 0 Å². The van der Waals surface area contributed by atoms with Gasteiger partial charge in [0.05, 0.1) is 0 Å². The number of unbranched alkanes of at least 4 members (excludes halogenated alkanes) is 1. The second-order valence-electron chi connectivity index (χ2n) is 7.89. The normalized spacial score (nSPS) is 10.9. The van der Waals surface area contributed by atoms with Crippen LogP contribution < -0.4 is 27.3 Å². The van der Waals surface area contributed by atoms with Crippen molar-refractivity contribution in [2.24, 2.45) is 5.73 Å². The summed E-state index contributed by atoms with van der Waals surface area (Å²) in [6.07, 6.45) is 4.45. The quantitative estimate of drug-likeness (QED) is 0.162. The molecule has 10 nitrogen and oxygen atoms in total. The van der Waals surface area contributed by atoms with E-state index in [1.807, 2.05) is 24.3 Å². The maximum Gasteiger partial charge on any atom is 0.283 e. The number of rotatable bonds is 13. The summed E-state index contributed by atoms with van der Waals surface area (Å²) in [5.41, 5.74) is 17.9. The molecule has 0 bridgehead atoms. The molecule has 1 amide bonds. The van der Waals surface area contributed by atoms with Crippen molar-refractivity contribution in [3.63, 3.8) is 0 Å². The van der Waals surface area contributed by atoms with Crippen LogP contribution in [0.15, 0.2) is 24.3 Å². The molecular formula is C23H35ClN8O2. The minimum Gasteiger partial charge on any atom is -0.492 e. The molecule has 0 saturated heterocycles. The average molecular weight is 491 g/mol. The van der Waals surface area contributed by atoms with E-state index in [0.29, 0.717) is 19.1 Å². The zero-order chi connectivity index (χ0) is 25.1. The van der Waals surface area contributed by atoms with Gasteiger partial charge < -0.3 is 27.3 Å². The molecule has 0 saturated carbocycles. The van der Waals surface area contributed by atoms with Gasteiger partial charge in [0.2, 0.25) is 0 Å². The molecule has 0 aliphatic rings. The summed E-state index contributed by atoms with van der Waals surface area (Å²) in [4.78, 5) is 21.6. The minimum absolute atomic E-state index is 0.0696. The van der Waals surface area contributed by atoms with E-state index < -0.39 is 11.9 Å². The molecule has 0 aliphatic carbocycles. The highest BCUT2D eigenvalue weighted by atomic mass is 35.5. The summed E-state index contributed by atoms with van der Waals surface area (Å²) in [7, 11) is 0. The van der Waals surface area contributed by atoms with Crippen LogP contribution in [-0.4, -0.2) is 52.5 Å². The first-order valence-electron chi connectivity index (χ1n) is 11.5. The van der Waals surface area contributed by atoms with E-state index in [1.54, 1.807) is 0 Å². The second kappa shape index (κ2) is 13.6. The van der Waals surface area contributed by atoms with Gasteiger partial charge in [-0.05, 0) is 49.8 Å². The van der Waals surface area contributed by atoms with Crippen molar-refractivity contribution in [1.29, 1.82) is 5.41 Å². The van der Waals surface area contributed by atoms with Crippen LogP contribution in [0, 0.1) is 5.41 Å². The number of nitrogens with zero attached hydrogens (tertiary/aromatic N) is 3. The van der Waals surface area contributed by atoms with Crippen LogP contribution >= 0.6 is 11.6 Å². The first kappa shape index (κ1) is 27.1. The third-order valence-electron chi connectivity index (χ3n) is 5.45. The lowest BCUT2D eigenvalue weighted by atomic mass is 10.1. The number of halogens is 1. The van der Waals surface area contributed by atoms with Crippen LogP contribution in [0.5, 0.6) is 5.75 Å². The number of guanidine groups is 1. The number of benzene rings is 1. The van der Waals surface area contributed by atoms with Gasteiger partial charge in [-0.25, -0.2) is 9.97 Å². The largest absolute Gasteiger partial charge is 0.492 e. The predicted octanol–water partition coefficient (Wildman–Crippen LogP) is 2.81. The number of hydrogen-bond acceptors (Lipinski definition) is 8. The monoisotopic (exact) mass is 490 g/mol. The maximum absolute atomic E-state index is 12.8. The Hall–Kier alpha value is -3.11. The zero-order valence-corrected chi connectivity index (χ0v) is 20.6. The van der Waals surface area contributed by atoms with Crippen LogP contribution in [0.3, 0.4) is 0 Å². The Morgan fingerprint density at radius 3 is 2.44 bits per heavy atom. The van der Waals surface area contributed by atoms with E-state index in [0.717, 1.165) is 48.4 Å². The topological polar surface area (TPSA) is 169 Å². The van der Waals surface area contributed by atoms with Gasteiger partial charge in [-0.3, -0.25) is 15.1 Å². The van der Waals surface area contributed by atoms with E-state index in [2.05, 4.69) is 29.1 Å². The molecule has 1 heterocycles. The highest BCUT2D eigenvalue weighted by Gasteiger charge is 2.23. The molecule has 0 radical (unpaired) electrons. The molecule has 2 rings (SSSR count). The van der Waals surface area contributed by atoms with Crippen LogP contribution in [0.1, 0.15) is 55.6 Å². The SMILES string of the molecule is CCC(CC)NCCOc1ccc(CCCCN(C(=N)N)C(=O)c2nc(Cl)c(N)nc2N)cc1. The first-order chi connectivity index (χ1) is 16.3. The van der Waals surface area contributed by atoms with Crippen molar-refractivity contribution >= 4 is 35.1 Å². The number of carbonyl (C=O) groups excluding carboxylic acids is 1. The fraction of sp³-hybridized carbons (Fsp3) is 0.478. The standard InChI is InChI=1S/C23H35ClN8O2/c1-3-16(4-2)29-12-14-34-17-10-8-15(9-11-17)7-5-6-13-32(23(27)28)22(33)18-20(25)31-21(26)19(24)30-18/h8-11,16,29H,3-7,12-14H2,1-2H3,(H3,27,28)(H4,25,26,31). The second-order valence-corrected chi connectivity index (χ2v) is 8.25. The smallest absolute Gasteiger partial charge is 0.283 e. The minimum atomic E-state index is -0.639. The van der Waals surface area contributed by atoms with Gasteiger partial charge in [-0.15, -0.1) is 0 Å². The summed E-state index contributed by atoms with van der Waals surface area (Å²) >= 11 is 5.86. The number of aryl methyl sites for hydroxylation is 1. The van der Waals surface area contributed by atoms with Gasteiger partial charge in [0, 0.05) is 19.1 Å². The molecule has 11 heteroatoms. The van der Waals surface area contributed by atoms with Gasteiger partial charge >= 0.3 is 0 Å². The molecular weight excluding hydrogens is 456 g/mol. The van der Waals surface area contributed by atoms with Crippen molar-refractivity contribution in [2.75, 3.05) is 31.2 Å². The molecule has 186 valence electrons. The Labute approximate surface area is 205 Å². The lowest BCUT2D eigenvalue weighted by molar-refractivity contribution is 0.0838. The van der Waals surface area contributed by atoms with Gasteiger partial charge in [-0.1, -0.05) is 37.6 Å². The third-order valence-corrected chi connectivity index (χ3v) is 5.73. The molecule has 1 aromatic heterocycles. The number of nitrogens with one attached hydrogen (secondary N) is 2. The van der Waals surface area contributed by atoms with Gasteiger partial charge in [0.25, 0.3) is 5.91 Å². The third kappa shape index (κ3) is 8.03. The average Bonchev–Trinajstić information content (AvgIpc) is 2.81. The summed E-state index contributed by atoms with van der Waals surface area (Å²) in [6.45, 7) is 6.04. The predicted molar refractivity (Wildman–Crippen MR) is 136 cm³/mol. The molecule has 2 aromatic rings. The van der Waals surface area contributed by atoms with Crippen LogP contribution in [0.4, 0.5) is 11.6 Å². The number of anilines is 2. The van der Waals surface area contributed by atoms with E-state index in [-0.39, 0.29) is 29.0 Å². The Morgan fingerprint density at radius 2 is 1.82 bits per heavy atom. The number of amides is 1. The number of carbonyl (C=O) groups is 1. The number of nitrogen functional groups attached to an aromatic ring is 2. The summed E-state index contributed by atoms with van der Waals surface area (Å²) in [5.74, 6) is -0.435. The summed E-state index contributed by atoms with van der Waals surface area (Å²) < 4.78 is 5.80. The first-order valence-corrected chi connectivity index (χ1v) is 11.8. The van der Waals surface area contributed by atoms with Crippen molar-refractivity contribution in [1.82, 2.24) is 20.2 Å². The van der Waals surface area contributed by atoms with Gasteiger partial charge in [0.15, 0.2) is 28.4 Å². The van der Waals surface area contributed by atoms with Crippen molar-refractivity contribution in [2.45, 2.75) is 52.0 Å². The van der Waals surface area contributed by atoms with Crippen LogP contribution in [-0.2, 0) is 6.42 Å². The highest BCUT2D eigenvalue weighted by Crippen LogP contribution is 2.19. The van der Waals surface area contributed by atoms with Crippen molar-refractivity contribution in [3.05, 3.63) is 40.7 Å². The molecule has 0 fully saturated rings. The fourth-order valence-corrected chi connectivity index (χ4v) is 3.55. The molecule has 0 unspecified atom stereocenters. The molecule has 1 aromatic carbocycles. The molecule has 0 spiro atoms. The summed E-state index contributed by atoms with van der Waals surface area (Å²) in [6, 6.07) is 8.53.